The lowest BCUT2D eigenvalue weighted by Crippen LogP contribution is -2.40. The molecule has 0 unspecified atom stereocenters. The van der Waals surface area contributed by atoms with E-state index in [4.69, 9.17) is 0 Å². The molecule has 0 saturated heterocycles. The van der Waals surface area contributed by atoms with Gasteiger partial charge in [0.15, 0.2) is 0 Å². The first-order chi connectivity index (χ1) is 10.7. The van der Waals surface area contributed by atoms with Gasteiger partial charge in [-0.25, -0.2) is 4.39 Å². The van der Waals surface area contributed by atoms with Crippen LogP contribution >= 0.6 is 0 Å². The molecule has 0 aromatic heterocycles. The lowest BCUT2D eigenvalue weighted by molar-refractivity contribution is -0.122. The summed E-state index contributed by atoms with van der Waals surface area (Å²) >= 11 is 0. The molecule has 0 saturated carbocycles. The van der Waals surface area contributed by atoms with Crippen molar-refractivity contribution in [2.45, 2.75) is 59.4 Å². The molecule has 1 rings (SSSR count). The van der Waals surface area contributed by atoms with Gasteiger partial charge in [0.1, 0.15) is 5.83 Å². The Morgan fingerprint density at radius 1 is 1.43 bits per heavy atom. The number of halogens is 1. The van der Waals surface area contributed by atoms with E-state index in [9.17, 15) is 14.1 Å². The molecule has 0 fully saturated rings. The number of nitroso groups, excluding NO2 is 1. The second-order valence-corrected chi connectivity index (χ2v) is 7.14. The molecular weight excluding hydrogens is 297 g/mol. The summed E-state index contributed by atoms with van der Waals surface area (Å²) in [6, 6.07) is -0.0887. The molecule has 0 aliphatic heterocycles. The van der Waals surface area contributed by atoms with Crippen LogP contribution in [-0.2, 0) is 4.79 Å². The number of rotatable bonds is 8. The van der Waals surface area contributed by atoms with Crippen LogP contribution in [0.4, 0.5) is 4.39 Å². The minimum atomic E-state index is -0.446. The molecule has 0 aromatic carbocycles. The monoisotopic (exact) mass is 325 g/mol. The van der Waals surface area contributed by atoms with E-state index in [1.165, 1.54) is 0 Å². The van der Waals surface area contributed by atoms with E-state index in [0.717, 1.165) is 18.4 Å². The molecule has 6 heteroatoms. The maximum atomic E-state index is 14.0. The van der Waals surface area contributed by atoms with Crippen molar-refractivity contribution < 1.29 is 9.18 Å². The maximum Gasteiger partial charge on any atom is 0.220 e. The number of nitrogens with one attached hydrogen (secondary N) is 2. The smallest absolute Gasteiger partial charge is 0.220 e. The van der Waals surface area contributed by atoms with Gasteiger partial charge >= 0.3 is 0 Å². The van der Waals surface area contributed by atoms with E-state index in [0.29, 0.717) is 18.7 Å². The van der Waals surface area contributed by atoms with Crippen LogP contribution in [0.3, 0.4) is 0 Å². The zero-order valence-electron chi connectivity index (χ0n) is 14.5. The summed E-state index contributed by atoms with van der Waals surface area (Å²) in [6.45, 7) is 8.05. The summed E-state index contributed by atoms with van der Waals surface area (Å²) in [5, 5.41) is 8.81. The third-order valence-electron chi connectivity index (χ3n) is 3.79. The molecule has 0 aromatic rings. The zero-order valence-corrected chi connectivity index (χ0v) is 14.5. The van der Waals surface area contributed by atoms with Crippen LogP contribution in [0.1, 0.15) is 53.4 Å². The van der Waals surface area contributed by atoms with Crippen molar-refractivity contribution in [3.63, 3.8) is 0 Å². The van der Waals surface area contributed by atoms with Crippen molar-refractivity contribution in [2.24, 2.45) is 10.6 Å². The average molecular weight is 325 g/mol. The predicted octanol–water partition coefficient (Wildman–Crippen LogP) is 3.57. The van der Waals surface area contributed by atoms with Gasteiger partial charge in [0.05, 0.1) is 12.2 Å². The average Bonchev–Trinajstić information content (AvgIpc) is 2.58. The summed E-state index contributed by atoms with van der Waals surface area (Å²) in [6.07, 6.45) is 4.26. The van der Waals surface area contributed by atoms with Gasteiger partial charge < -0.3 is 10.6 Å². The van der Waals surface area contributed by atoms with Crippen molar-refractivity contribution in [2.75, 3.05) is 13.1 Å². The Kier molecular flexibility index (Phi) is 7.39. The maximum absolute atomic E-state index is 14.0. The van der Waals surface area contributed by atoms with Crippen molar-refractivity contribution in [1.82, 2.24) is 10.6 Å². The fraction of sp³-hybridized carbons (Fsp3) is 0.706. The van der Waals surface area contributed by atoms with Crippen molar-refractivity contribution in [3.8, 4) is 0 Å². The van der Waals surface area contributed by atoms with Crippen molar-refractivity contribution >= 4 is 5.91 Å². The molecule has 2 N–H and O–H groups in total. The topological polar surface area (TPSA) is 70.6 Å². The second-order valence-electron chi connectivity index (χ2n) is 7.14. The standard InChI is InChI=1S/C17H28FN3O2/c1-12-6-5-7-14(18)15(8-12)21-13(2)10-19-16(22)9-17(3,4)11-20-23/h8,13,21H,5-7,9-11H2,1-4H3,(H,19,22)/t13-/m0/s1. The SMILES string of the molecule is CC1=CC(N[C@@H](C)CNC(=O)CC(C)(C)CN=O)=C(F)CCC1. The molecule has 130 valence electrons. The highest BCUT2D eigenvalue weighted by Crippen LogP contribution is 2.22. The Bertz CT molecular complexity index is 498. The zero-order chi connectivity index (χ0) is 17.5. The lowest BCUT2D eigenvalue weighted by atomic mass is 9.89. The van der Waals surface area contributed by atoms with Gasteiger partial charge in [-0.2, -0.15) is 4.91 Å². The van der Waals surface area contributed by atoms with E-state index >= 15 is 0 Å². The Hall–Kier alpha value is -1.72. The third kappa shape index (κ3) is 7.39. The van der Waals surface area contributed by atoms with Crippen LogP contribution < -0.4 is 10.6 Å². The summed E-state index contributed by atoms with van der Waals surface area (Å²) in [4.78, 5) is 22.3. The van der Waals surface area contributed by atoms with Gasteiger partial charge in [0.2, 0.25) is 5.91 Å². The molecule has 1 amide bonds. The highest BCUT2D eigenvalue weighted by atomic mass is 19.1. The van der Waals surface area contributed by atoms with Gasteiger partial charge in [-0.1, -0.05) is 24.6 Å². The number of amides is 1. The van der Waals surface area contributed by atoms with E-state index in [1.54, 1.807) is 0 Å². The molecular formula is C17H28FN3O2. The third-order valence-corrected chi connectivity index (χ3v) is 3.79. The van der Waals surface area contributed by atoms with E-state index in [-0.39, 0.29) is 30.7 Å². The van der Waals surface area contributed by atoms with Gasteiger partial charge in [0.25, 0.3) is 0 Å². The first-order valence-corrected chi connectivity index (χ1v) is 8.11. The van der Waals surface area contributed by atoms with Gasteiger partial charge in [-0.05, 0) is 38.2 Å². The Labute approximate surface area is 137 Å². The summed E-state index contributed by atoms with van der Waals surface area (Å²) < 4.78 is 14.0. The van der Waals surface area contributed by atoms with E-state index < -0.39 is 5.41 Å². The number of hydrogen-bond donors (Lipinski definition) is 2. The van der Waals surface area contributed by atoms with Gasteiger partial charge in [-0.3, -0.25) is 4.79 Å². The number of carbonyl (C=O) groups excluding carboxylic acids is 1. The van der Waals surface area contributed by atoms with Gasteiger partial charge in [0, 0.05) is 25.4 Å². The Morgan fingerprint density at radius 2 is 2.13 bits per heavy atom. The van der Waals surface area contributed by atoms with Crippen LogP contribution in [0.15, 0.2) is 28.3 Å². The van der Waals surface area contributed by atoms with Gasteiger partial charge in [-0.15, -0.1) is 0 Å². The van der Waals surface area contributed by atoms with E-state index in [1.807, 2.05) is 33.8 Å². The highest BCUT2D eigenvalue weighted by molar-refractivity contribution is 5.76. The van der Waals surface area contributed by atoms with Crippen LogP contribution in [-0.4, -0.2) is 25.0 Å². The number of carbonyl (C=O) groups is 1. The molecule has 1 aliphatic rings. The number of nitrogens with zero attached hydrogens (tertiary/aromatic N) is 1. The molecule has 1 atom stereocenters. The molecule has 0 heterocycles. The Balaban J connectivity index is 2.47. The lowest BCUT2D eigenvalue weighted by Gasteiger charge is -2.22. The van der Waals surface area contributed by atoms with Crippen LogP contribution in [0.25, 0.3) is 0 Å². The molecule has 5 nitrogen and oxygen atoms in total. The fourth-order valence-corrected chi connectivity index (χ4v) is 2.49. The van der Waals surface area contributed by atoms with Crippen LogP contribution in [0.5, 0.6) is 0 Å². The Morgan fingerprint density at radius 3 is 2.78 bits per heavy atom. The predicted molar refractivity (Wildman–Crippen MR) is 90.4 cm³/mol. The van der Waals surface area contributed by atoms with Crippen LogP contribution in [0, 0.1) is 10.3 Å². The normalized spacial score (nSPS) is 17.2. The fourth-order valence-electron chi connectivity index (χ4n) is 2.49. The minimum Gasteiger partial charge on any atom is -0.379 e. The molecule has 0 radical (unpaired) electrons. The van der Waals surface area contributed by atoms with Crippen LogP contribution in [0.2, 0.25) is 0 Å². The first-order valence-electron chi connectivity index (χ1n) is 8.11. The van der Waals surface area contributed by atoms with Crippen molar-refractivity contribution in [1.29, 1.82) is 0 Å². The number of allylic oxidation sites excluding steroid dienone is 3. The second kappa shape index (κ2) is 8.79. The minimum absolute atomic E-state index is 0.0887. The largest absolute Gasteiger partial charge is 0.379 e. The molecule has 23 heavy (non-hydrogen) atoms. The van der Waals surface area contributed by atoms with E-state index in [2.05, 4.69) is 15.8 Å². The summed E-state index contributed by atoms with van der Waals surface area (Å²) in [5.74, 6) is -0.257. The molecule has 0 bridgehead atoms. The quantitative estimate of drug-likeness (QED) is 0.670. The summed E-state index contributed by atoms with van der Waals surface area (Å²) in [5.41, 5.74) is 1.23. The molecule has 0 spiro atoms. The number of hydrogen-bond acceptors (Lipinski definition) is 4. The highest BCUT2D eigenvalue weighted by Gasteiger charge is 2.22. The van der Waals surface area contributed by atoms with Crippen molar-refractivity contribution in [3.05, 3.63) is 28.1 Å². The first kappa shape index (κ1) is 19.3. The molecule has 1 aliphatic carbocycles. The summed E-state index contributed by atoms with van der Waals surface area (Å²) in [7, 11) is 0.